The lowest BCUT2D eigenvalue weighted by Gasteiger charge is -2.30. The number of nitrogens with zero attached hydrogens (tertiary/aromatic N) is 3. The van der Waals surface area contributed by atoms with Gasteiger partial charge in [-0.15, -0.1) is 0 Å². The molecule has 0 radical (unpaired) electrons. The molecule has 2 saturated heterocycles. The van der Waals surface area contributed by atoms with Gasteiger partial charge in [-0.25, -0.2) is 0 Å². The Morgan fingerprint density at radius 2 is 1.92 bits per heavy atom. The van der Waals surface area contributed by atoms with Crippen LogP contribution in [0.3, 0.4) is 0 Å². The highest BCUT2D eigenvalue weighted by Crippen LogP contribution is 2.27. The molecule has 26 heavy (non-hydrogen) atoms. The number of thiocarbonyl (C=S) groups is 1. The summed E-state index contributed by atoms with van der Waals surface area (Å²) in [6.45, 7) is 4.49. The van der Waals surface area contributed by atoms with Crippen molar-refractivity contribution in [3.63, 3.8) is 0 Å². The summed E-state index contributed by atoms with van der Waals surface area (Å²) in [5.74, 6) is -0.606. The summed E-state index contributed by atoms with van der Waals surface area (Å²) in [6, 6.07) is 8.65. The molecular formula is C18H23N3O4S. The van der Waals surface area contributed by atoms with Crippen LogP contribution < -0.4 is 4.90 Å². The average molecular weight is 377 g/mol. The number of esters is 1. The van der Waals surface area contributed by atoms with Gasteiger partial charge < -0.3 is 14.4 Å². The number of amides is 1. The zero-order valence-electron chi connectivity index (χ0n) is 14.8. The number of hydrogen-bond acceptors (Lipinski definition) is 6. The maximum absolute atomic E-state index is 13.0. The molecule has 0 bridgehead atoms. The third-order valence-electron chi connectivity index (χ3n) is 4.68. The number of carbonyl (C=O) groups is 2. The second-order valence-corrected chi connectivity index (χ2v) is 6.60. The smallest absolute Gasteiger partial charge is 0.308 e. The molecule has 0 aromatic heterocycles. The fraction of sp³-hybridized carbons (Fsp3) is 0.500. The zero-order chi connectivity index (χ0) is 18.5. The molecule has 0 saturated carbocycles. The first-order chi connectivity index (χ1) is 12.6. The summed E-state index contributed by atoms with van der Waals surface area (Å²) < 4.78 is 10.1. The van der Waals surface area contributed by atoms with Gasteiger partial charge >= 0.3 is 5.97 Å². The number of ether oxygens (including phenoxy) is 2. The maximum atomic E-state index is 13.0. The Morgan fingerprint density at radius 1 is 1.23 bits per heavy atom. The van der Waals surface area contributed by atoms with Crippen molar-refractivity contribution in [1.29, 1.82) is 0 Å². The third-order valence-corrected chi connectivity index (χ3v) is 5.10. The van der Waals surface area contributed by atoms with Crippen LogP contribution in [0.4, 0.5) is 5.69 Å². The van der Waals surface area contributed by atoms with Crippen LogP contribution in [0.25, 0.3) is 0 Å². The molecule has 7 nitrogen and oxygen atoms in total. The number of carbonyl (C=O) groups excluding carboxylic acids is 2. The lowest BCUT2D eigenvalue weighted by molar-refractivity contribution is -0.143. The number of rotatable bonds is 6. The van der Waals surface area contributed by atoms with E-state index in [2.05, 4.69) is 4.90 Å². The molecule has 1 amide bonds. The van der Waals surface area contributed by atoms with E-state index in [1.165, 1.54) is 12.0 Å². The highest BCUT2D eigenvalue weighted by molar-refractivity contribution is 7.80. The predicted octanol–water partition coefficient (Wildman–Crippen LogP) is 0.884. The van der Waals surface area contributed by atoms with E-state index in [1.807, 2.05) is 35.2 Å². The van der Waals surface area contributed by atoms with Gasteiger partial charge in [0.2, 0.25) is 0 Å². The normalized spacial score (nSPS) is 21.3. The molecule has 0 N–H and O–H groups in total. The van der Waals surface area contributed by atoms with Crippen LogP contribution >= 0.6 is 12.2 Å². The van der Waals surface area contributed by atoms with Crippen LogP contribution in [-0.2, 0) is 19.1 Å². The van der Waals surface area contributed by atoms with Crippen molar-refractivity contribution >= 4 is 34.9 Å². The summed E-state index contributed by atoms with van der Waals surface area (Å²) in [5, 5.41) is 0.434. The number of benzene rings is 1. The standard InChI is InChI=1S/C18H23N3O4S/c1-24-16(22)13-15-17(23)21(14-5-3-2-4-6-14)18(26)20(15)8-7-19-9-11-25-12-10-19/h2-6,15H,7-13H2,1H3. The van der Waals surface area contributed by atoms with Gasteiger partial charge in [-0.3, -0.25) is 19.4 Å². The van der Waals surface area contributed by atoms with Gasteiger partial charge in [-0.05, 0) is 24.4 Å². The molecule has 2 aliphatic rings. The topological polar surface area (TPSA) is 62.3 Å². The van der Waals surface area contributed by atoms with Crippen LogP contribution in [0, 0.1) is 0 Å². The van der Waals surface area contributed by atoms with Crippen molar-refractivity contribution in [2.45, 2.75) is 12.5 Å². The molecule has 1 unspecified atom stereocenters. The van der Waals surface area contributed by atoms with Crippen LogP contribution in [0.2, 0.25) is 0 Å². The Balaban J connectivity index is 1.77. The minimum Gasteiger partial charge on any atom is -0.469 e. The Bertz CT molecular complexity index is 664. The largest absolute Gasteiger partial charge is 0.469 e. The first-order valence-corrected chi connectivity index (χ1v) is 9.09. The van der Waals surface area contributed by atoms with Gasteiger partial charge in [0.25, 0.3) is 5.91 Å². The molecular weight excluding hydrogens is 354 g/mol. The van der Waals surface area contributed by atoms with Crippen molar-refractivity contribution in [2.24, 2.45) is 0 Å². The molecule has 3 rings (SSSR count). The van der Waals surface area contributed by atoms with Crippen LogP contribution in [0.1, 0.15) is 6.42 Å². The average Bonchev–Trinajstić information content (AvgIpc) is 2.91. The molecule has 1 atom stereocenters. The molecule has 140 valence electrons. The Labute approximate surface area is 158 Å². The van der Waals surface area contributed by atoms with Crippen molar-refractivity contribution in [3.05, 3.63) is 30.3 Å². The van der Waals surface area contributed by atoms with Gasteiger partial charge in [-0.1, -0.05) is 18.2 Å². The second kappa shape index (κ2) is 8.57. The van der Waals surface area contributed by atoms with E-state index in [9.17, 15) is 9.59 Å². The van der Waals surface area contributed by atoms with Gasteiger partial charge in [0, 0.05) is 26.2 Å². The summed E-state index contributed by atoms with van der Waals surface area (Å²) in [5.41, 5.74) is 0.714. The Hall–Kier alpha value is -2.03. The summed E-state index contributed by atoms with van der Waals surface area (Å²) in [4.78, 5) is 30.4. The minimum atomic E-state index is -0.629. The van der Waals surface area contributed by atoms with Crippen LogP contribution in [-0.4, -0.2) is 79.3 Å². The SMILES string of the molecule is COC(=O)CC1C(=O)N(c2ccccc2)C(=S)N1CCN1CCOCC1. The molecule has 2 fully saturated rings. The van der Waals surface area contributed by atoms with Gasteiger partial charge in [-0.2, -0.15) is 0 Å². The van der Waals surface area contributed by atoms with Crippen molar-refractivity contribution < 1.29 is 19.1 Å². The highest BCUT2D eigenvalue weighted by Gasteiger charge is 2.44. The lowest BCUT2D eigenvalue weighted by atomic mass is 10.1. The first kappa shape index (κ1) is 18.8. The molecule has 2 aliphatic heterocycles. The third kappa shape index (κ3) is 4.03. The number of methoxy groups -OCH3 is 1. The Kier molecular flexibility index (Phi) is 6.18. The quantitative estimate of drug-likeness (QED) is 0.539. The van der Waals surface area contributed by atoms with Crippen molar-refractivity contribution in [2.75, 3.05) is 51.4 Å². The van der Waals surface area contributed by atoms with Gasteiger partial charge in [0.1, 0.15) is 6.04 Å². The monoisotopic (exact) mass is 377 g/mol. The van der Waals surface area contributed by atoms with Crippen molar-refractivity contribution in [1.82, 2.24) is 9.80 Å². The number of para-hydroxylation sites is 1. The van der Waals surface area contributed by atoms with Crippen LogP contribution in [0.15, 0.2) is 30.3 Å². The zero-order valence-corrected chi connectivity index (χ0v) is 15.6. The maximum Gasteiger partial charge on any atom is 0.308 e. The molecule has 0 aliphatic carbocycles. The van der Waals surface area contributed by atoms with E-state index < -0.39 is 12.0 Å². The molecule has 8 heteroatoms. The number of morpholine rings is 1. The lowest BCUT2D eigenvalue weighted by Crippen LogP contribution is -2.45. The van der Waals surface area contributed by atoms with E-state index in [4.69, 9.17) is 21.7 Å². The first-order valence-electron chi connectivity index (χ1n) is 8.68. The summed E-state index contributed by atoms with van der Waals surface area (Å²) in [6.07, 6.45) is -0.0120. The van der Waals surface area contributed by atoms with Gasteiger partial charge in [0.05, 0.1) is 32.4 Å². The number of anilines is 1. The second-order valence-electron chi connectivity index (χ2n) is 6.24. The molecule has 2 heterocycles. The van der Waals surface area contributed by atoms with E-state index in [0.717, 1.165) is 19.6 Å². The predicted molar refractivity (Wildman–Crippen MR) is 101 cm³/mol. The molecule has 0 spiro atoms. The van der Waals surface area contributed by atoms with E-state index in [-0.39, 0.29) is 12.3 Å². The van der Waals surface area contributed by atoms with E-state index in [0.29, 0.717) is 30.6 Å². The highest BCUT2D eigenvalue weighted by atomic mass is 32.1. The Morgan fingerprint density at radius 3 is 2.58 bits per heavy atom. The summed E-state index contributed by atoms with van der Waals surface area (Å²) >= 11 is 5.59. The number of hydrogen-bond donors (Lipinski definition) is 0. The summed E-state index contributed by atoms with van der Waals surface area (Å²) in [7, 11) is 1.33. The van der Waals surface area contributed by atoms with E-state index >= 15 is 0 Å². The van der Waals surface area contributed by atoms with Crippen molar-refractivity contribution in [3.8, 4) is 0 Å². The van der Waals surface area contributed by atoms with E-state index in [1.54, 1.807) is 0 Å². The minimum absolute atomic E-state index is 0.0120. The fourth-order valence-corrected chi connectivity index (χ4v) is 3.63. The van der Waals surface area contributed by atoms with Crippen LogP contribution in [0.5, 0.6) is 0 Å². The van der Waals surface area contributed by atoms with Gasteiger partial charge in [0.15, 0.2) is 5.11 Å². The fourth-order valence-electron chi connectivity index (χ4n) is 3.22. The molecule has 1 aromatic carbocycles. The molecule has 1 aromatic rings.